The molecule has 2 amide bonds. The molecule has 1 aliphatic carbocycles. The maximum absolute atomic E-state index is 13.4. The van der Waals surface area contributed by atoms with Crippen LogP contribution in [0.5, 0.6) is 5.75 Å². The Bertz CT molecular complexity index is 997. The smallest absolute Gasteiger partial charge is 0.275 e. The number of hydrogen-bond acceptors (Lipinski definition) is 5. The third kappa shape index (κ3) is 4.46. The topological polar surface area (TPSA) is 71.0 Å². The van der Waals surface area contributed by atoms with Crippen molar-refractivity contribution in [2.75, 3.05) is 25.2 Å². The van der Waals surface area contributed by atoms with Crippen molar-refractivity contribution in [1.29, 1.82) is 0 Å². The summed E-state index contributed by atoms with van der Waals surface area (Å²) < 4.78 is 5.23. The van der Waals surface area contributed by atoms with Crippen molar-refractivity contribution >= 4 is 35.0 Å². The highest BCUT2D eigenvalue weighted by Gasteiger charge is 2.48. The van der Waals surface area contributed by atoms with Gasteiger partial charge in [0, 0.05) is 16.1 Å². The highest BCUT2D eigenvalue weighted by atomic mass is 32.2. The Morgan fingerprint density at radius 3 is 2.58 bits per heavy atom. The van der Waals surface area contributed by atoms with Gasteiger partial charge < -0.3 is 15.0 Å². The minimum atomic E-state index is -0.622. The molecular weight excluding hydrogens is 410 g/mol. The number of nitrogens with zero attached hydrogens (tertiary/aromatic N) is 2. The van der Waals surface area contributed by atoms with E-state index in [-0.39, 0.29) is 18.4 Å². The summed E-state index contributed by atoms with van der Waals surface area (Å²) in [7, 11) is 1.61. The van der Waals surface area contributed by atoms with E-state index >= 15 is 0 Å². The molecular formula is C24H27N3O3S. The summed E-state index contributed by atoms with van der Waals surface area (Å²) in [5.74, 6) is 0.341. The average Bonchev–Trinajstić information content (AvgIpc) is 3.05. The Morgan fingerprint density at radius 1 is 1.16 bits per heavy atom. The Morgan fingerprint density at radius 2 is 1.90 bits per heavy atom. The lowest BCUT2D eigenvalue weighted by atomic mass is 9.88. The fourth-order valence-electron chi connectivity index (χ4n) is 4.33. The quantitative estimate of drug-likeness (QED) is 0.682. The molecule has 0 bridgehead atoms. The molecule has 1 saturated carbocycles. The summed E-state index contributed by atoms with van der Waals surface area (Å²) in [6.07, 6.45) is 6.70. The lowest BCUT2D eigenvalue weighted by Crippen LogP contribution is -2.51. The summed E-state index contributed by atoms with van der Waals surface area (Å²) in [4.78, 5) is 34.0. The first-order valence-electron chi connectivity index (χ1n) is 10.5. The second-order valence-electron chi connectivity index (χ2n) is 7.90. The van der Waals surface area contributed by atoms with Crippen molar-refractivity contribution in [1.82, 2.24) is 4.90 Å². The van der Waals surface area contributed by atoms with Crippen LogP contribution in [0.25, 0.3) is 0 Å². The molecule has 2 aliphatic rings. The van der Waals surface area contributed by atoms with E-state index in [4.69, 9.17) is 9.73 Å². The van der Waals surface area contributed by atoms with Crippen LogP contribution in [0, 0.1) is 0 Å². The average molecular weight is 438 g/mol. The van der Waals surface area contributed by atoms with E-state index in [1.165, 1.54) is 0 Å². The van der Waals surface area contributed by atoms with E-state index in [1.54, 1.807) is 23.8 Å². The number of benzene rings is 2. The van der Waals surface area contributed by atoms with Gasteiger partial charge in [-0.25, -0.2) is 0 Å². The third-order valence-electron chi connectivity index (χ3n) is 5.94. The zero-order valence-electron chi connectivity index (χ0n) is 17.9. The molecule has 6 nitrogen and oxygen atoms in total. The first-order chi connectivity index (χ1) is 15.0. The zero-order valence-corrected chi connectivity index (χ0v) is 18.7. The van der Waals surface area contributed by atoms with Crippen molar-refractivity contribution < 1.29 is 14.3 Å². The van der Waals surface area contributed by atoms with Crippen LogP contribution in [-0.2, 0) is 9.59 Å². The third-order valence-corrected chi connectivity index (χ3v) is 6.67. The molecule has 0 unspecified atom stereocenters. The van der Waals surface area contributed by atoms with Gasteiger partial charge in [0.25, 0.3) is 5.91 Å². The van der Waals surface area contributed by atoms with Crippen LogP contribution in [0.1, 0.15) is 37.7 Å². The monoisotopic (exact) mass is 437 g/mol. The number of thioether (sulfide) groups is 1. The molecule has 31 heavy (non-hydrogen) atoms. The Kier molecular flexibility index (Phi) is 6.32. The van der Waals surface area contributed by atoms with Crippen molar-refractivity contribution in [2.24, 2.45) is 4.99 Å². The second-order valence-corrected chi connectivity index (χ2v) is 8.78. The molecule has 7 heteroatoms. The number of amides is 2. The maximum atomic E-state index is 13.4. The lowest BCUT2D eigenvalue weighted by Gasteiger charge is -2.38. The summed E-state index contributed by atoms with van der Waals surface area (Å²) in [5, 5.41) is 2.94. The number of anilines is 1. The van der Waals surface area contributed by atoms with E-state index in [0.29, 0.717) is 5.71 Å². The lowest BCUT2D eigenvalue weighted by molar-refractivity contribution is -0.134. The fourth-order valence-corrected chi connectivity index (χ4v) is 4.79. The highest BCUT2D eigenvalue weighted by Crippen LogP contribution is 2.39. The van der Waals surface area contributed by atoms with E-state index in [9.17, 15) is 9.59 Å². The Labute approximate surface area is 187 Å². The molecule has 162 valence electrons. The van der Waals surface area contributed by atoms with Crippen LogP contribution in [0.15, 0.2) is 58.4 Å². The molecule has 0 atom stereocenters. The van der Waals surface area contributed by atoms with Crippen LogP contribution in [0.4, 0.5) is 5.69 Å². The molecule has 1 spiro atoms. The molecule has 1 fully saturated rings. The van der Waals surface area contributed by atoms with Gasteiger partial charge in [0.05, 0.1) is 7.11 Å². The molecule has 2 aromatic rings. The summed E-state index contributed by atoms with van der Waals surface area (Å²) in [6.45, 7) is -0.00845. The van der Waals surface area contributed by atoms with E-state index < -0.39 is 5.66 Å². The standard InChI is InChI=1S/C24H27N3O3S/c1-30-19-11-9-17(10-12-19)22-23(29)27(24(26-22)13-4-3-5-14-24)16-21(28)25-18-7-6-8-20(15-18)31-2/h6-12,15H,3-5,13-14,16H2,1-2H3,(H,25,28). The van der Waals surface area contributed by atoms with Crippen molar-refractivity contribution in [3.63, 3.8) is 0 Å². The summed E-state index contributed by atoms with van der Waals surface area (Å²) in [5.41, 5.74) is 1.30. The number of carbonyl (C=O) groups excluding carboxylic acids is 2. The van der Waals surface area contributed by atoms with Crippen LogP contribution in [-0.4, -0.2) is 48.0 Å². The van der Waals surface area contributed by atoms with Gasteiger partial charge in [0.2, 0.25) is 5.91 Å². The normalized spacial score (nSPS) is 17.5. The van der Waals surface area contributed by atoms with Crippen molar-refractivity contribution in [3.05, 3.63) is 54.1 Å². The molecule has 1 heterocycles. The minimum Gasteiger partial charge on any atom is -0.497 e. The van der Waals surface area contributed by atoms with Crippen molar-refractivity contribution in [3.8, 4) is 5.75 Å². The van der Waals surface area contributed by atoms with Crippen LogP contribution < -0.4 is 10.1 Å². The molecule has 0 aromatic heterocycles. The van der Waals surface area contributed by atoms with Gasteiger partial charge in [-0.2, -0.15) is 0 Å². The van der Waals surface area contributed by atoms with Gasteiger partial charge in [0.15, 0.2) is 0 Å². The fraction of sp³-hybridized carbons (Fsp3) is 0.375. The number of carbonyl (C=O) groups is 2. The first kappa shape index (κ1) is 21.4. The summed E-state index contributed by atoms with van der Waals surface area (Å²) in [6, 6.07) is 15.1. The molecule has 1 N–H and O–H groups in total. The minimum absolute atomic E-state index is 0.00845. The molecule has 0 saturated heterocycles. The van der Waals surface area contributed by atoms with Gasteiger partial charge >= 0.3 is 0 Å². The van der Waals surface area contributed by atoms with Crippen molar-refractivity contribution in [2.45, 2.75) is 42.7 Å². The van der Waals surface area contributed by atoms with Crippen LogP contribution in [0.2, 0.25) is 0 Å². The largest absolute Gasteiger partial charge is 0.497 e. The summed E-state index contributed by atoms with van der Waals surface area (Å²) >= 11 is 1.62. The number of methoxy groups -OCH3 is 1. The number of hydrogen-bond donors (Lipinski definition) is 1. The SMILES string of the molecule is COc1ccc(C2=NC3(CCCCC3)N(CC(=O)Nc3cccc(SC)c3)C2=O)cc1. The van der Waals surface area contributed by atoms with Gasteiger partial charge in [-0.1, -0.05) is 12.5 Å². The predicted molar refractivity (Wildman–Crippen MR) is 124 cm³/mol. The van der Waals surface area contributed by atoms with E-state index in [1.807, 2.05) is 54.8 Å². The molecule has 0 radical (unpaired) electrons. The van der Waals surface area contributed by atoms with E-state index in [2.05, 4.69) is 5.32 Å². The number of rotatable bonds is 6. The molecule has 1 aliphatic heterocycles. The number of aliphatic imine (C=N–C) groups is 1. The van der Waals surface area contributed by atoms with Gasteiger partial charge in [0.1, 0.15) is 23.7 Å². The zero-order chi connectivity index (χ0) is 21.8. The predicted octanol–water partition coefficient (Wildman–Crippen LogP) is 4.35. The first-order valence-corrected chi connectivity index (χ1v) is 11.8. The highest BCUT2D eigenvalue weighted by molar-refractivity contribution is 7.98. The number of nitrogens with one attached hydrogen (secondary N) is 1. The van der Waals surface area contributed by atoms with Gasteiger partial charge in [-0.05, 0) is 74.4 Å². The molecule has 4 rings (SSSR count). The molecule has 2 aromatic carbocycles. The van der Waals surface area contributed by atoms with Gasteiger partial charge in [-0.15, -0.1) is 11.8 Å². The van der Waals surface area contributed by atoms with E-state index in [0.717, 1.165) is 54.0 Å². The second kappa shape index (κ2) is 9.14. The Balaban J connectivity index is 1.56. The van der Waals surface area contributed by atoms with Gasteiger partial charge in [-0.3, -0.25) is 14.6 Å². The number of ether oxygens (including phenoxy) is 1. The van der Waals surface area contributed by atoms with Crippen LogP contribution in [0.3, 0.4) is 0 Å². The Hall–Kier alpha value is -2.80. The van der Waals surface area contributed by atoms with Crippen LogP contribution >= 0.6 is 11.8 Å². The maximum Gasteiger partial charge on any atom is 0.275 e.